The first kappa shape index (κ1) is 15.5. The van der Waals surface area contributed by atoms with Gasteiger partial charge in [-0.3, -0.25) is 4.79 Å². The number of carbonyl (C=O) groups excluding carboxylic acids is 1. The van der Waals surface area contributed by atoms with Gasteiger partial charge in [-0.15, -0.1) is 0 Å². The fourth-order valence-electron chi connectivity index (χ4n) is 1.66. The smallest absolute Gasteiger partial charge is 0.330 e. The third kappa shape index (κ3) is 5.30. The summed E-state index contributed by atoms with van der Waals surface area (Å²) < 4.78 is 38.1. The van der Waals surface area contributed by atoms with Gasteiger partial charge in [-0.1, -0.05) is 18.6 Å². The fraction of sp³-hybridized carbons (Fsp3) is 0.462. The molecule has 0 radical (unpaired) electrons. The highest BCUT2D eigenvalue weighted by atomic mass is 19.4. The lowest BCUT2D eigenvalue weighted by Gasteiger charge is -2.13. The lowest BCUT2D eigenvalue weighted by atomic mass is 10.1. The fourth-order valence-corrected chi connectivity index (χ4v) is 1.66. The standard InChI is InChI=1S/C13H17F3N2O/c14-13(15,16)10-6-3-4-7-11(10)18-12(19)8-2-1-5-9-17/h3-4,6-7H,1-2,5,8-9,17H2,(H,18,19). The molecule has 0 unspecified atom stereocenters. The van der Waals surface area contributed by atoms with Crippen molar-refractivity contribution in [1.29, 1.82) is 0 Å². The highest BCUT2D eigenvalue weighted by molar-refractivity contribution is 5.91. The zero-order valence-corrected chi connectivity index (χ0v) is 10.5. The van der Waals surface area contributed by atoms with E-state index >= 15 is 0 Å². The predicted molar refractivity (Wildman–Crippen MR) is 67.6 cm³/mol. The molecule has 0 aliphatic heterocycles. The third-order valence-electron chi connectivity index (χ3n) is 2.61. The van der Waals surface area contributed by atoms with Crippen LogP contribution in [0.1, 0.15) is 31.2 Å². The van der Waals surface area contributed by atoms with Crippen molar-refractivity contribution in [2.45, 2.75) is 31.9 Å². The van der Waals surface area contributed by atoms with Crippen LogP contribution in [-0.4, -0.2) is 12.5 Å². The minimum absolute atomic E-state index is 0.196. The number of rotatable bonds is 6. The molecule has 0 spiro atoms. The van der Waals surface area contributed by atoms with Gasteiger partial charge in [-0.2, -0.15) is 13.2 Å². The highest BCUT2D eigenvalue weighted by Gasteiger charge is 2.33. The van der Waals surface area contributed by atoms with E-state index in [1.165, 1.54) is 18.2 Å². The second kappa shape index (κ2) is 7.13. The van der Waals surface area contributed by atoms with Gasteiger partial charge in [-0.05, 0) is 31.5 Å². The van der Waals surface area contributed by atoms with Gasteiger partial charge >= 0.3 is 6.18 Å². The maximum Gasteiger partial charge on any atom is 0.418 e. The summed E-state index contributed by atoms with van der Waals surface area (Å²) >= 11 is 0. The van der Waals surface area contributed by atoms with Crippen molar-refractivity contribution in [3.8, 4) is 0 Å². The molecule has 1 amide bonds. The van der Waals surface area contributed by atoms with Crippen molar-refractivity contribution in [2.24, 2.45) is 5.73 Å². The predicted octanol–water partition coefficient (Wildman–Crippen LogP) is 3.16. The largest absolute Gasteiger partial charge is 0.418 e. The molecule has 0 bridgehead atoms. The van der Waals surface area contributed by atoms with Gasteiger partial charge in [0.1, 0.15) is 0 Å². The van der Waals surface area contributed by atoms with Crippen molar-refractivity contribution in [1.82, 2.24) is 0 Å². The molecule has 0 saturated carbocycles. The van der Waals surface area contributed by atoms with E-state index in [1.54, 1.807) is 0 Å². The Kier molecular flexibility index (Phi) is 5.82. The normalized spacial score (nSPS) is 11.4. The number of unbranched alkanes of at least 4 members (excludes halogenated alkanes) is 2. The summed E-state index contributed by atoms with van der Waals surface area (Å²) in [4.78, 5) is 11.5. The molecule has 106 valence electrons. The van der Waals surface area contributed by atoms with E-state index in [0.717, 1.165) is 18.9 Å². The third-order valence-corrected chi connectivity index (χ3v) is 2.61. The van der Waals surface area contributed by atoms with Gasteiger partial charge in [0.25, 0.3) is 0 Å². The maximum atomic E-state index is 12.7. The molecule has 0 atom stereocenters. The van der Waals surface area contributed by atoms with Crippen molar-refractivity contribution < 1.29 is 18.0 Å². The van der Waals surface area contributed by atoms with Crippen LogP contribution in [0.15, 0.2) is 24.3 Å². The van der Waals surface area contributed by atoms with E-state index in [1.807, 2.05) is 0 Å². The Hall–Kier alpha value is -1.56. The number of amides is 1. The van der Waals surface area contributed by atoms with Crippen LogP contribution < -0.4 is 11.1 Å². The van der Waals surface area contributed by atoms with Crippen LogP contribution in [0.3, 0.4) is 0 Å². The van der Waals surface area contributed by atoms with Crippen molar-refractivity contribution in [3.63, 3.8) is 0 Å². The van der Waals surface area contributed by atoms with E-state index in [4.69, 9.17) is 5.73 Å². The Morgan fingerprint density at radius 1 is 1.16 bits per heavy atom. The first-order chi connectivity index (χ1) is 8.95. The molecule has 6 heteroatoms. The second-order valence-electron chi connectivity index (χ2n) is 4.19. The molecular formula is C13H17F3N2O. The number of benzene rings is 1. The molecule has 0 aliphatic rings. The molecule has 3 N–H and O–H groups in total. The van der Waals surface area contributed by atoms with Crippen LogP contribution in [0.5, 0.6) is 0 Å². The van der Waals surface area contributed by atoms with Gasteiger partial charge in [0, 0.05) is 6.42 Å². The first-order valence-corrected chi connectivity index (χ1v) is 6.11. The molecule has 1 aromatic rings. The van der Waals surface area contributed by atoms with Crippen LogP contribution in [0.4, 0.5) is 18.9 Å². The molecule has 1 aromatic carbocycles. The van der Waals surface area contributed by atoms with E-state index in [2.05, 4.69) is 5.32 Å². The molecule has 0 saturated heterocycles. The first-order valence-electron chi connectivity index (χ1n) is 6.11. The Labute approximate surface area is 110 Å². The molecule has 0 fully saturated rings. The lowest BCUT2D eigenvalue weighted by Crippen LogP contribution is -2.16. The molecule has 0 aromatic heterocycles. The second-order valence-corrected chi connectivity index (χ2v) is 4.19. The number of alkyl halides is 3. The number of nitrogens with two attached hydrogens (primary N) is 1. The van der Waals surface area contributed by atoms with E-state index in [-0.39, 0.29) is 12.1 Å². The number of halogens is 3. The molecule has 19 heavy (non-hydrogen) atoms. The number of hydrogen-bond acceptors (Lipinski definition) is 2. The quantitative estimate of drug-likeness (QED) is 0.783. The van der Waals surface area contributed by atoms with Crippen LogP contribution in [0.25, 0.3) is 0 Å². The SMILES string of the molecule is NCCCCCC(=O)Nc1ccccc1C(F)(F)F. The molecule has 0 aliphatic carbocycles. The van der Waals surface area contributed by atoms with Gasteiger partial charge in [0.2, 0.25) is 5.91 Å². The molecular weight excluding hydrogens is 257 g/mol. The highest BCUT2D eigenvalue weighted by Crippen LogP contribution is 2.34. The minimum atomic E-state index is -4.47. The van der Waals surface area contributed by atoms with Crippen LogP contribution in [-0.2, 0) is 11.0 Å². The number of hydrogen-bond donors (Lipinski definition) is 2. The van der Waals surface area contributed by atoms with Gasteiger partial charge in [0.05, 0.1) is 11.3 Å². The number of para-hydroxylation sites is 1. The minimum Gasteiger partial charge on any atom is -0.330 e. The lowest BCUT2D eigenvalue weighted by molar-refractivity contribution is -0.137. The van der Waals surface area contributed by atoms with Crippen molar-refractivity contribution >= 4 is 11.6 Å². The summed E-state index contributed by atoms with van der Waals surface area (Å²) in [5.74, 6) is -0.409. The topological polar surface area (TPSA) is 55.1 Å². The summed E-state index contributed by atoms with van der Waals surface area (Å²) in [6, 6.07) is 4.95. The molecule has 3 nitrogen and oxygen atoms in total. The Morgan fingerprint density at radius 3 is 2.47 bits per heavy atom. The number of nitrogens with one attached hydrogen (secondary N) is 1. The summed E-state index contributed by atoms with van der Waals surface area (Å²) in [5.41, 5.74) is 4.29. The van der Waals surface area contributed by atoms with Crippen LogP contribution in [0.2, 0.25) is 0 Å². The van der Waals surface area contributed by atoms with Gasteiger partial charge < -0.3 is 11.1 Å². The van der Waals surface area contributed by atoms with Crippen molar-refractivity contribution in [3.05, 3.63) is 29.8 Å². The van der Waals surface area contributed by atoms with Gasteiger partial charge in [0.15, 0.2) is 0 Å². The Balaban J connectivity index is 2.59. The molecule has 0 heterocycles. The van der Waals surface area contributed by atoms with E-state index < -0.39 is 17.6 Å². The van der Waals surface area contributed by atoms with E-state index in [0.29, 0.717) is 13.0 Å². The summed E-state index contributed by atoms with van der Waals surface area (Å²) in [7, 11) is 0. The summed E-state index contributed by atoms with van der Waals surface area (Å²) in [5, 5.41) is 2.30. The number of anilines is 1. The number of carbonyl (C=O) groups is 1. The Morgan fingerprint density at radius 2 is 1.84 bits per heavy atom. The van der Waals surface area contributed by atoms with E-state index in [9.17, 15) is 18.0 Å². The Bertz CT molecular complexity index is 419. The van der Waals surface area contributed by atoms with Crippen LogP contribution >= 0.6 is 0 Å². The van der Waals surface area contributed by atoms with Crippen LogP contribution in [0, 0.1) is 0 Å². The maximum absolute atomic E-state index is 12.7. The summed E-state index contributed by atoms with van der Waals surface area (Å²) in [6.07, 6.45) is -2.04. The zero-order chi connectivity index (χ0) is 14.3. The monoisotopic (exact) mass is 274 g/mol. The van der Waals surface area contributed by atoms with Gasteiger partial charge in [-0.25, -0.2) is 0 Å². The average Bonchev–Trinajstić information content (AvgIpc) is 2.34. The molecule has 1 rings (SSSR count). The average molecular weight is 274 g/mol. The zero-order valence-electron chi connectivity index (χ0n) is 10.5. The van der Waals surface area contributed by atoms with Crippen molar-refractivity contribution in [2.75, 3.05) is 11.9 Å². The summed E-state index contributed by atoms with van der Waals surface area (Å²) in [6.45, 7) is 0.554.